The van der Waals surface area contributed by atoms with Crippen molar-refractivity contribution in [3.05, 3.63) is 35.4 Å². The van der Waals surface area contributed by atoms with Gasteiger partial charge < -0.3 is 5.32 Å². The van der Waals surface area contributed by atoms with Crippen LogP contribution in [0.1, 0.15) is 45.2 Å². The number of amides is 1. The van der Waals surface area contributed by atoms with E-state index in [1.54, 1.807) is 0 Å². The molecule has 0 spiro atoms. The van der Waals surface area contributed by atoms with Crippen molar-refractivity contribution in [3.8, 4) is 0 Å². The van der Waals surface area contributed by atoms with Crippen molar-refractivity contribution in [2.45, 2.75) is 52.5 Å². The molecule has 0 saturated carbocycles. The van der Waals surface area contributed by atoms with Gasteiger partial charge in [0.25, 0.3) is 0 Å². The molecule has 0 unspecified atom stereocenters. The summed E-state index contributed by atoms with van der Waals surface area (Å²) in [7, 11) is 0. The molecule has 1 amide bonds. The van der Waals surface area contributed by atoms with Gasteiger partial charge in [-0.3, -0.25) is 4.79 Å². The zero-order valence-electron chi connectivity index (χ0n) is 11.3. The van der Waals surface area contributed by atoms with E-state index in [4.69, 9.17) is 0 Å². The van der Waals surface area contributed by atoms with Crippen LogP contribution in [-0.2, 0) is 17.6 Å². The summed E-state index contributed by atoms with van der Waals surface area (Å²) in [6.45, 7) is 8.15. The smallest absolute Gasteiger partial charge is 0.220 e. The lowest BCUT2D eigenvalue weighted by Crippen LogP contribution is -2.40. The highest BCUT2D eigenvalue weighted by molar-refractivity contribution is 5.76. The maximum Gasteiger partial charge on any atom is 0.220 e. The molecule has 1 N–H and O–H groups in total. The van der Waals surface area contributed by atoms with Crippen LogP contribution < -0.4 is 5.32 Å². The van der Waals surface area contributed by atoms with E-state index in [9.17, 15) is 4.79 Å². The van der Waals surface area contributed by atoms with Gasteiger partial charge in [-0.15, -0.1) is 0 Å². The molecule has 0 bridgehead atoms. The van der Waals surface area contributed by atoms with Crippen molar-refractivity contribution >= 4 is 5.91 Å². The standard InChI is InChI=1S/C15H23NO/c1-5-12-7-6-8-13(11-12)9-10-14(17)16-15(2,3)4/h6-8,11H,5,9-10H2,1-4H3,(H,16,17). The SMILES string of the molecule is CCc1cccc(CCC(=O)NC(C)(C)C)c1. The second kappa shape index (κ2) is 5.85. The molecule has 1 aromatic rings. The first-order valence-corrected chi connectivity index (χ1v) is 6.29. The summed E-state index contributed by atoms with van der Waals surface area (Å²) in [6.07, 6.45) is 2.42. The van der Waals surface area contributed by atoms with Gasteiger partial charge in [0.2, 0.25) is 5.91 Å². The molecular formula is C15H23NO. The van der Waals surface area contributed by atoms with E-state index in [1.807, 2.05) is 20.8 Å². The third-order valence-corrected chi connectivity index (χ3v) is 2.55. The largest absolute Gasteiger partial charge is 0.351 e. The number of hydrogen-bond donors (Lipinski definition) is 1. The van der Waals surface area contributed by atoms with Gasteiger partial charge in [-0.05, 0) is 44.7 Å². The number of benzene rings is 1. The van der Waals surface area contributed by atoms with Crippen LogP contribution in [0.5, 0.6) is 0 Å². The minimum atomic E-state index is -0.137. The molecule has 0 aliphatic carbocycles. The summed E-state index contributed by atoms with van der Waals surface area (Å²) in [5.41, 5.74) is 2.44. The van der Waals surface area contributed by atoms with Gasteiger partial charge in [-0.2, -0.15) is 0 Å². The molecule has 2 heteroatoms. The Kier molecular flexibility index (Phi) is 4.73. The lowest BCUT2D eigenvalue weighted by atomic mass is 10.0. The van der Waals surface area contributed by atoms with Crippen LogP contribution in [0, 0.1) is 0 Å². The van der Waals surface area contributed by atoms with E-state index in [0.717, 1.165) is 12.8 Å². The van der Waals surface area contributed by atoms with E-state index in [0.29, 0.717) is 6.42 Å². The highest BCUT2D eigenvalue weighted by Gasteiger charge is 2.13. The Morgan fingerprint density at radius 1 is 1.24 bits per heavy atom. The number of nitrogens with one attached hydrogen (secondary N) is 1. The molecule has 1 aromatic carbocycles. The molecular weight excluding hydrogens is 210 g/mol. The van der Waals surface area contributed by atoms with Crippen molar-refractivity contribution in [3.63, 3.8) is 0 Å². The van der Waals surface area contributed by atoms with Gasteiger partial charge >= 0.3 is 0 Å². The van der Waals surface area contributed by atoms with E-state index in [1.165, 1.54) is 11.1 Å². The van der Waals surface area contributed by atoms with Crippen molar-refractivity contribution in [1.29, 1.82) is 0 Å². The fourth-order valence-corrected chi connectivity index (χ4v) is 1.74. The Balaban J connectivity index is 2.47. The first-order valence-electron chi connectivity index (χ1n) is 6.29. The van der Waals surface area contributed by atoms with E-state index in [-0.39, 0.29) is 11.4 Å². The Hall–Kier alpha value is -1.31. The monoisotopic (exact) mass is 233 g/mol. The summed E-state index contributed by atoms with van der Waals surface area (Å²) < 4.78 is 0. The van der Waals surface area contributed by atoms with Crippen LogP contribution >= 0.6 is 0 Å². The Bertz CT molecular complexity index is 377. The van der Waals surface area contributed by atoms with Gasteiger partial charge in [-0.25, -0.2) is 0 Å². The maximum atomic E-state index is 11.7. The quantitative estimate of drug-likeness (QED) is 0.850. The van der Waals surface area contributed by atoms with Gasteiger partial charge in [0.15, 0.2) is 0 Å². The number of carbonyl (C=O) groups excluding carboxylic acids is 1. The van der Waals surface area contributed by atoms with Gasteiger partial charge in [0, 0.05) is 12.0 Å². The van der Waals surface area contributed by atoms with Crippen LogP contribution in [0.4, 0.5) is 0 Å². The van der Waals surface area contributed by atoms with Crippen LogP contribution in [0.2, 0.25) is 0 Å². The molecule has 17 heavy (non-hydrogen) atoms. The molecule has 0 aromatic heterocycles. The second-order valence-corrected chi connectivity index (χ2v) is 5.47. The zero-order chi connectivity index (χ0) is 12.9. The Morgan fingerprint density at radius 3 is 2.47 bits per heavy atom. The van der Waals surface area contributed by atoms with E-state index in [2.05, 4.69) is 36.5 Å². The number of aryl methyl sites for hydroxylation is 2. The summed E-state index contributed by atoms with van der Waals surface area (Å²) in [5, 5.41) is 2.98. The van der Waals surface area contributed by atoms with Gasteiger partial charge in [-0.1, -0.05) is 31.2 Å². The fraction of sp³-hybridized carbons (Fsp3) is 0.533. The van der Waals surface area contributed by atoms with Crippen molar-refractivity contribution in [2.24, 2.45) is 0 Å². The topological polar surface area (TPSA) is 29.1 Å². The third kappa shape index (κ3) is 5.53. The van der Waals surface area contributed by atoms with Crippen molar-refractivity contribution in [1.82, 2.24) is 5.32 Å². The molecule has 1 rings (SSSR count). The van der Waals surface area contributed by atoms with Crippen LogP contribution in [0.25, 0.3) is 0 Å². The first-order chi connectivity index (χ1) is 7.90. The zero-order valence-corrected chi connectivity index (χ0v) is 11.3. The Morgan fingerprint density at radius 2 is 1.88 bits per heavy atom. The normalized spacial score (nSPS) is 11.3. The van der Waals surface area contributed by atoms with E-state index >= 15 is 0 Å². The number of carbonyl (C=O) groups is 1. The lowest BCUT2D eigenvalue weighted by molar-refractivity contribution is -0.122. The van der Waals surface area contributed by atoms with Crippen LogP contribution in [-0.4, -0.2) is 11.4 Å². The molecule has 0 fully saturated rings. The highest BCUT2D eigenvalue weighted by atomic mass is 16.1. The Labute approximate surface area is 104 Å². The second-order valence-electron chi connectivity index (χ2n) is 5.47. The molecule has 94 valence electrons. The highest BCUT2D eigenvalue weighted by Crippen LogP contribution is 2.09. The fourth-order valence-electron chi connectivity index (χ4n) is 1.74. The molecule has 0 saturated heterocycles. The molecule has 0 radical (unpaired) electrons. The predicted molar refractivity (Wildman–Crippen MR) is 72.0 cm³/mol. The average molecular weight is 233 g/mol. The van der Waals surface area contributed by atoms with Crippen LogP contribution in [0.15, 0.2) is 24.3 Å². The van der Waals surface area contributed by atoms with Crippen molar-refractivity contribution < 1.29 is 4.79 Å². The minimum Gasteiger partial charge on any atom is -0.351 e. The third-order valence-electron chi connectivity index (χ3n) is 2.55. The minimum absolute atomic E-state index is 0.124. The van der Waals surface area contributed by atoms with Crippen LogP contribution in [0.3, 0.4) is 0 Å². The molecule has 2 nitrogen and oxygen atoms in total. The van der Waals surface area contributed by atoms with Gasteiger partial charge in [0.05, 0.1) is 0 Å². The summed E-state index contributed by atoms with van der Waals surface area (Å²) in [4.78, 5) is 11.7. The summed E-state index contributed by atoms with van der Waals surface area (Å²) >= 11 is 0. The van der Waals surface area contributed by atoms with Gasteiger partial charge in [0.1, 0.15) is 0 Å². The first kappa shape index (κ1) is 13.8. The molecule has 0 aliphatic rings. The number of rotatable bonds is 4. The lowest BCUT2D eigenvalue weighted by Gasteiger charge is -2.20. The molecule has 0 aliphatic heterocycles. The summed E-state index contributed by atoms with van der Waals surface area (Å²) in [5.74, 6) is 0.124. The summed E-state index contributed by atoms with van der Waals surface area (Å²) in [6, 6.07) is 8.46. The maximum absolute atomic E-state index is 11.7. The van der Waals surface area contributed by atoms with Crippen molar-refractivity contribution in [2.75, 3.05) is 0 Å². The molecule has 0 heterocycles. The van der Waals surface area contributed by atoms with E-state index < -0.39 is 0 Å². The molecule has 0 atom stereocenters. The predicted octanol–water partition coefficient (Wildman–Crippen LogP) is 3.10. The number of hydrogen-bond acceptors (Lipinski definition) is 1. The average Bonchev–Trinajstić information content (AvgIpc) is 2.24.